The average Bonchev–Trinajstić information content (AvgIpc) is 2.84. The van der Waals surface area contributed by atoms with Crippen molar-refractivity contribution in [1.82, 2.24) is 13.9 Å². The van der Waals surface area contributed by atoms with E-state index in [2.05, 4.69) is 26.1 Å². The second-order valence-corrected chi connectivity index (χ2v) is 7.72. The predicted molar refractivity (Wildman–Crippen MR) is 79.2 cm³/mol. The van der Waals surface area contributed by atoms with E-state index in [1.807, 2.05) is 0 Å². The largest absolute Gasteiger partial charge is 0.317 e. The molecule has 0 bridgehead atoms. The molecule has 0 radical (unpaired) electrons. The summed E-state index contributed by atoms with van der Waals surface area (Å²) < 4.78 is 27.9. The fourth-order valence-electron chi connectivity index (χ4n) is 2.42. The first-order valence-corrected chi connectivity index (χ1v) is 8.71. The van der Waals surface area contributed by atoms with Gasteiger partial charge in [-0.05, 0) is 37.8 Å². The van der Waals surface area contributed by atoms with Crippen LogP contribution in [0.1, 0.15) is 33.6 Å². The van der Waals surface area contributed by atoms with Gasteiger partial charge in [-0.2, -0.15) is 17.0 Å². The molecule has 1 aliphatic heterocycles. The molecule has 1 aliphatic rings. The van der Waals surface area contributed by atoms with Gasteiger partial charge < -0.3 is 5.32 Å². The Morgan fingerprint density at radius 2 is 2.11 bits per heavy atom. The highest BCUT2D eigenvalue weighted by Crippen LogP contribution is 2.26. The summed E-state index contributed by atoms with van der Waals surface area (Å²) in [4.78, 5) is 0. The number of rotatable bonds is 8. The maximum Gasteiger partial charge on any atom is 0.281 e. The van der Waals surface area contributed by atoms with Gasteiger partial charge in [-0.25, -0.2) is 0 Å². The Morgan fingerprint density at radius 1 is 1.42 bits per heavy atom. The van der Waals surface area contributed by atoms with E-state index in [0.29, 0.717) is 31.5 Å². The van der Waals surface area contributed by atoms with Crippen LogP contribution in [0.2, 0.25) is 0 Å². The standard InChI is InChI=1S/C13H29N3O2S/c1-5-14-8-6-9-15(4)19(17,18)16-10-7-13(11-16)12(2)3/h12-14H,5-11H2,1-4H3. The molecule has 19 heavy (non-hydrogen) atoms. The second-order valence-electron chi connectivity index (χ2n) is 5.69. The molecular formula is C13H29N3O2S. The van der Waals surface area contributed by atoms with Crippen LogP contribution in [0.15, 0.2) is 0 Å². The number of hydrogen-bond acceptors (Lipinski definition) is 3. The van der Waals surface area contributed by atoms with Crippen molar-refractivity contribution in [2.75, 3.05) is 39.8 Å². The lowest BCUT2D eigenvalue weighted by Crippen LogP contribution is -2.41. The molecule has 5 nitrogen and oxygen atoms in total. The Morgan fingerprint density at radius 3 is 2.63 bits per heavy atom. The summed E-state index contributed by atoms with van der Waals surface area (Å²) in [7, 11) is -1.57. The van der Waals surface area contributed by atoms with Crippen molar-refractivity contribution in [2.45, 2.75) is 33.6 Å². The zero-order valence-corrected chi connectivity index (χ0v) is 13.5. The van der Waals surface area contributed by atoms with Gasteiger partial charge in [-0.15, -0.1) is 0 Å². The Balaban J connectivity index is 2.46. The molecule has 0 aromatic carbocycles. The lowest BCUT2D eigenvalue weighted by Gasteiger charge is -2.24. The molecular weight excluding hydrogens is 262 g/mol. The molecule has 1 N–H and O–H groups in total. The molecule has 114 valence electrons. The van der Waals surface area contributed by atoms with Gasteiger partial charge in [0.2, 0.25) is 0 Å². The predicted octanol–water partition coefficient (Wildman–Crippen LogP) is 1.14. The Labute approximate surface area is 118 Å². The molecule has 1 rings (SSSR count). The van der Waals surface area contributed by atoms with E-state index in [1.54, 1.807) is 11.4 Å². The van der Waals surface area contributed by atoms with Crippen molar-refractivity contribution in [3.63, 3.8) is 0 Å². The molecule has 1 atom stereocenters. The molecule has 1 unspecified atom stereocenters. The third-order valence-corrected chi connectivity index (χ3v) is 5.88. The van der Waals surface area contributed by atoms with E-state index in [1.165, 1.54) is 4.31 Å². The minimum absolute atomic E-state index is 0.505. The zero-order valence-electron chi connectivity index (χ0n) is 12.7. The SMILES string of the molecule is CCNCCCN(C)S(=O)(=O)N1CCC(C(C)C)C1. The maximum absolute atomic E-state index is 12.4. The highest BCUT2D eigenvalue weighted by Gasteiger charge is 2.34. The monoisotopic (exact) mass is 291 g/mol. The van der Waals surface area contributed by atoms with E-state index in [0.717, 1.165) is 25.9 Å². The van der Waals surface area contributed by atoms with Crippen LogP contribution in [0.5, 0.6) is 0 Å². The topological polar surface area (TPSA) is 52.7 Å². The summed E-state index contributed by atoms with van der Waals surface area (Å²) in [6.07, 6.45) is 1.84. The summed E-state index contributed by atoms with van der Waals surface area (Å²) in [5.74, 6) is 1.06. The Hall–Kier alpha value is -0.170. The third-order valence-electron chi connectivity index (χ3n) is 3.93. The maximum atomic E-state index is 12.4. The summed E-state index contributed by atoms with van der Waals surface area (Å²) in [6.45, 7) is 10.1. The minimum Gasteiger partial charge on any atom is -0.317 e. The molecule has 1 heterocycles. The second kappa shape index (κ2) is 7.57. The number of nitrogens with zero attached hydrogens (tertiary/aromatic N) is 2. The van der Waals surface area contributed by atoms with Crippen LogP contribution in [0, 0.1) is 11.8 Å². The fraction of sp³-hybridized carbons (Fsp3) is 1.00. The van der Waals surface area contributed by atoms with E-state index >= 15 is 0 Å². The van der Waals surface area contributed by atoms with Crippen LogP contribution in [-0.2, 0) is 10.2 Å². The lowest BCUT2D eigenvalue weighted by molar-refractivity contribution is 0.360. The first-order valence-electron chi connectivity index (χ1n) is 7.31. The first kappa shape index (κ1) is 16.9. The molecule has 0 aromatic rings. The van der Waals surface area contributed by atoms with Gasteiger partial charge in [0.25, 0.3) is 10.2 Å². The smallest absolute Gasteiger partial charge is 0.281 e. The molecule has 6 heteroatoms. The minimum atomic E-state index is -3.25. The molecule has 1 fully saturated rings. The summed E-state index contributed by atoms with van der Waals surface area (Å²) in [5, 5.41) is 3.21. The van der Waals surface area contributed by atoms with Crippen LogP contribution in [0.25, 0.3) is 0 Å². The Kier molecular flexibility index (Phi) is 6.73. The molecule has 0 aromatic heterocycles. The first-order chi connectivity index (χ1) is 8.89. The van der Waals surface area contributed by atoms with Crippen molar-refractivity contribution in [1.29, 1.82) is 0 Å². The van der Waals surface area contributed by atoms with Crippen molar-refractivity contribution in [2.24, 2.45) is 11.8 Å². The number of hydrogen-bond donors (Lipinski definition) is 1. The fourth-order valence-corrected chi connectivity index (χ4v) is 3.89. The van der Waals surface area contributed by atoms with Crippen LogP contribution < -0.4 is 5.32 Å². The van der Waals surface area contributed by atoms with Gasteiger partial charge in [0.05, 0.1) is 0 Å². The Bertz CT molecular complexity index is 357. The highest BCUT2D eigenvalue weighted by molar-refractivity contribution is 7.86. The highest BCUT2D eigenvalue weighted by atomic mass is 32.2. The normalized spacial score (nSPS) is 21.7. The van der Waals surface area contributed by atoms with Gasteiger partial charge in [0, 0.05) is 26.7 Å². The summed E-state index contributed by atoms with van der Waals surface area (Å²) >= 11 is 0. The van der Waals surface area contributed by atoms with Gasteiger partial charge in [-0.3, -0.25) is 0 Å². The van der Waals surface area contributed by atoms with Gasteiger partial charge in [-0.1, -0.05) is 20.8 Å². The molecule has 0 aliphatic carbocycles. The number of nitrogens with one attached hydrogen (secondary N) is 1. The van der Waals surface area contributed by atoms with Crippen LogP contribution in [0.3, 0.4) is 0 Å². The third kappa shape index (κ3) is 4.70. The van der Waals surface area contributed by atoms with Crippen molar-refractivity contribution >= 4 is 10.2 Å². The zero-order chi connectivity index (χ0) is 14.5. The van der Waals surface area contributed by atoms with Crippen LogP contribution >= 0.6 is 0 Å². The van der Waals surface area contributed by atoms with Gasteiger partial charge >= 0.3 is 0 Å². The van der Waals surface area contributed by atoms with E-state index < -0.39 is 10.2 Å². The van der Waals surface area contributed by atoms with E-state index in [-0.39, 0.29) is 0 Å². The summed E-state index contributed by atoms with van der Waals surface area (Å²) in [6, 6.07) is 0. The van der Waals surface area contributed by atoms with Crippen LogP contribution in [0.4, 0.5) is 0 Å². The van der Waals surface area contributed by atoms with E-state index in [4.69, 9.17) is 0 Å². The van der Waals surface area contributed by atoms with Crippen molar-refractivity contribution in [3.05, 3.63) is 0 Å². The van der Waals surface area contributed by atoms with Gasteiger partial charge in [0.15, 0.2) is 0 Å². The van der Waals surface area contributed by atoms with Crippen LogP contribution in [-0.4, -0.2) is 56.8 Å². The van der Waals surface area contributed by atoms with Crippen molar-refractivity contribution < 1.29 is 8.42 Å². The average molecular weight is 291 g/mol. The summed E-state index contributed by atoms with van der Waals surface area (Å²) in [5.41, 5.74) is 0. The molecule has 1 saturated heterocycles. The molecule has 0 spiro atoms. The molecule has 0 amide bonds. The van der Waals surface area contributed by atoms with E-state index in [9.17, 15) is 8.42 Å². The van der Waals surface area contributed by atoms with Crippen molar-refractivity contribution in [3.8, 4) is 0 Å². The lowest BCUT2D eigenvalue weighted by atomic mass is 9.96. The molecule has 0 saturated carbocycles. The van der Waals surface area contributed by atoms with Gasteiger partial charge in [0.1, 0.15) is 0 Å². The quantitative estimate of drug-likeness (QED) is 0.682.